The van der Waals surface area contributed by atoms with E-state index in [-0.39, 0.29) is 21.2 Å². The van der Waals surface area contributed by atoms with Crippen molar-refractivity contribution in [3.05, 3.63) is 39.1 Å². The summed E-state index contributed by atoms with van der Waals surface area (Å²) < 4.78 is 31.3. The molecule has 124 valence electrons. The van der Waals surface area contributed by atoms with Gasteiger partial charge < -0.3 is 14.8 Å². The van der Waals surface area contributed by atoms with Crippen molar-refractivity contribution in [1.29, 1.82) is 0 Å². The monoisotopic (exact) mass is 358 g/mol. The Labute approximate surface area is 135 Å². The number of ether oxygens (including phenoxy) is 1. The zero-order chi connectivity index (χ0) is 17.2. The molecule has 0 fully saturated rings. The van der Waals surface area contributed by atoms with Gasteiger partial charge in [-0.1, -0.05) is 24.3 Å². The lowest BCUT2D eigenvalue weighted by molar-refractivity contribution is 0.0597. The van der Waals surface area contributed by atoms with Gasteiger partial charge in [-0.05, 0) is 18.6 Å². The zero-order valence-corrected chi connectivity index (χ0v) is 13.9. The summed E-state index contributed by atoms with van der Waals surface area (Å²) >= 11 is 0.551. The van der Waals surface area contributed by atoms with Crippen LogP contribution in [-0.2, 0) is 21.2 Å². The van der Waals surface area contributed by atoms with E-state index in [1.165, 1.54) is 18.2 Å². The number of rotatable bonds is 5. The number of carbonyl (C=O) groups is 1. The molecular weight excluding hydrogens is 344 g/mol. The van der Waals surface area contributed by atoms with Crippen LogP contribution in [0.4, 0.5) is 5.69 Å². The van der Waals surface area contributed by atoms with E-state index in [0.717, 1.165) is 7.11 Å². The quantitative estimate of drug-likeness (QED) is 0.546. The molecule has 8 nitrogen and oxygen atoms in total. The number of esters is 1. The number of para-hydroxylation sites is 1. The Morgan fingerprint density at radius 2 is 2.13 bits per heavy atom. The smallest absolute Gasteiger partial charge is 0.341 e. The van der Waals surface area contributed by atoms with Gasteiger partial charge >= 0.3 is 10.8 Å². The van der Waals surface area contributed by atoms with E-state index in [2.05, 4.69) is 14.4 Å². The van der Waals surface area contributed by atoms with Gasteiger partial charge in [0.05, 0.1) is 12.8 Å². The third-order valence-electron chi connectivity index (χ3n) is 2.97. The van der Waals surface area contributed by atoms with Crippen LogP contribution in [0.2, 0.25) is 0 Å². The second kappa shape index (κ2) is 6.42. The third-order valence-corrected chi connectivity index (χ3v) is 5.82. The molecule has 23 heavy (non-hydrogen) atoms. The fraction of sp³-hybridized carbons (Fsp3) is 0.231. The maximum Gasteiger partial charge on any atom is 0.341 e. The van der Waals surface area contributed by atoms with Gasteiger partial charge in [0.2, 0.25) is 0 Å². The van der Waals surface area contributed by atoms with Gasteiger partial charge in [0.15, 0.2) is 9.96 Å². The van der Waals surface area contributed by atoms with Gasteiger partial charge in [0, 0.05) is 5.69 Å². The summed E-state index contributed by atoms with van der Waals surface area (Å²) in [5, 5.41) is 10.0. The number of thiazole rings is 1. The number of phenols is 1. The molecule has 0 aliphatic carbocycles. The van der Waals surface area contributed by atoms with Gasteiger partial charge in [-0.3, -0.25) is 9.52 Å². The van der Waals surface area contributed by atoms with Crippen LogP contribution < -0.4 is 9.60 Å². The highest BCUT2D eigenvalue weighted by atomic mass is 32.2. The number of aromatic hydroxyl groups is 1. The lowest BCUT2D eigenvalue weighted by Crippen LogP contribution is -2.14. The summed E-state index contributed by atoms with van der Waals surface area (Å²) in [5.41, 5.74) is -0.0856. The fourth-order valence-corrected chi connectivity index (χ4v) is 4.41. The number of hydrogen-bond acceptors (Lipinski definition) is 7. The Hall–Kier alpha value is -2.33. The van der Waals surface area contributed by atoms with Gasteiger partial charge in [-0.25, -0.2) is 13.2 Å². The Bertz CT molecular complexity index is 897. The number of aromatic nitrogens is 1. The number of hydrogen-bond donors (Lipinski definition) is 3. The van der Waals surface area contributed by atoms with E-state index < -0.39 is 26.6 Å². The van der Waals surface area contributed by atoms with Crippen LogP contribution in [0.15, 0.2) is 27.2 Å². The van der Waals surface area contributed by atoms with Crippen molar-refractivity contribution in [1.82, 2.24) is 4.98 Å². The molecule has 10 heteroatoms. The van der Waals surface area contributed by atoms with Crippen LogP contribution in [0.5, 0.6) is 5.75 Å². The van der Waals surface area contributed by atoms with Crippen LogP contribution >= 0.6 is 11.3 Å². The van der Waals surface area contributed by atoms with Gasteiger partial charge in [-0.2, -0.15) is 0 Å². The number of aryl methyl sites for hydroxylation is 1. The van der Waals surface area contributed by atoms with E-state index in [9.17, 15) is 23.1 Å². The zero-order valence-electron chi connectivity index (χ0n) is 12.2. The SMILES string of the molecule is CCc1[nH]c(=O)sc1S(=O)(=O)Nc1cccc(C(=O)OC)c1O. The van der Waals surface area contributed by atoms with Crippen LogP contribution in [-0.4, -0.2) is 31.6 Å². The summed E-state index contributed by atoms with van der Waals surface area (Å²) in [6.07, 6.45) is 0.323. The summed E-state index contributed by atoms with van der Waals surface area (Å²) in [6, 6.07) is 3.98. The standard InChI is InChI=1S/C13H14N2O6S2/c1-3-8-12(22-13(18)14-8)23(19,20)15-9-6-4-5-7(10(9)16)11(17)21-2/h4-6,15-16H,3H2,1-2H3,(H,14,18). The molecule has 2 rings (SSSR count). The highest BCUT2D eigenvalue weighted by Crippen LogP contribution is 2.31. The molecule has 0 saturated carbocycles. The average molecular weight is 358 g/mol. The summed E-state index contributed by atoms with van der Waals surface area (Å²) in [6.45, 7) is 1.70. The molecule has 1 aromatic carbocycles. The van der Waals surface area contributed by atoms with Crippen molar-refractivity contribution in [3.8, 4) is 5.75 Å². The van der Waals surface area contributed by atoms with Crippen molar-refractivity contribution >= 4 is 33.0 Å². The van der Waals surface area contributed by atoms with Gasteiger partial charge in [0.25, 0.3) is 10.0 Å². The number of aromatic amines is 1. The Kier molecular flexibility index (Phi) is 4.76. The molecule has 0 amide bonds. The van der Waals surface area contributed by atoms with Crippen LogP contribution in [0, 0.1) is 0 Å². The highest BCUT2D eigenvalue weighted by molar-refractivity contribution is 7.94. The molecule has 0 radical (unpaired) electrons. The summed E-state index contributed by atoms with van der Waals surface area (Å²) in [7, 11) is -2.94. The molecule has 0 bridgehead atoms. The minimum atomic E-state index is -4.08. The lowest BCUT2D eigenvalue weighted by Gasteiger charge is -2.11. The largest absolute Gasteiger partial charge is 0.505 e. The first-order chi connectivity index (χ1) is 10.8. The Balaban J connectivity index is 2.46. The first-order valence-corrected chi connectivity index (χ1v) is 8.75. The highest BCUT2D eigenvalue weighted by Gasteiger charge is 2.24. The van der Waals surface area contributed by atoms with Gasteiger partial charge in [-0.15, -0.1) is 0 Å². The molecular formula is C13H14N2O6S2. The number of benzene rings is 1. The maximum atomic E-state index is 12.4. The number of H-pyrrole nitrogens is 1. The van der Waals surface area contributed by atoms with Crippen LogP contribution in [0.25, 0.3) is 0 Å². The molecule has 0 spiro atoms. The predicted molar refractivity (Wildman–Crippen MR) is 84.6 cm³/mol. The van der Waals surface area contributed by atoms with Crippen LogP contribution in [0.1, 0.15) is 23.0 Å². The number of phenolic OH excluding ortho intramolecular Hbond substituents is 1. The number of anilines is 1. The average Bonchev–Trinajstić information content (AvgIpc) is 2.90. The maximum absolute atomic E-state index is 12.4. The topological polar surface area (TPSA) is 126 Å². The van der Waals surface area contributed by atoms with E-state index in [0.29, 0.717) is 17.8 Å². The van der Waals surface area contributed by atoms with E-state index in [1.54, 1.807) is 6.92 Å². The number of carbonyl (C=O) groups excluding carboxylic acids is 1. The predicted octanol–water partition coefficient (Wildman–Crippen LogP) is 1.29. The lowest BCUT2D eigenvalue weighted by atomic mass is 10.2. The van der Waals surface area contributed by atoms with Crippen molar-refractivity contribution in [2.75, 3.05) is 11.8 Å². The number of nitrogens with one attached hydrogen (secondary N) is 2. The molecule has 0 unspecified atom stereocenters. The normalized spacial score (nSPS) is 11.2. The molecule has 1 heterocycles. The minimum absolute atomic E-state index is 0.159. The van der Waals surface area contributed by atoms with E-state index >= 15 is 0 Å². The van der Waals surface area contributed by atoms with Crippen molar-refractivity contribution in [2.24, 2.45) is 0 Å². The van der Waals surface area contributed by atoms with Crippen molar-refractivity contribution < 1.29 is 23.1 Å². The first-order valence-electron chi connectivity index (χ1n) is 6.45. The number of sulfonamides is 1. The molecule has 2 aromatic rings. The summed E-state index contributed by atoms with van der Waals surface area (Å²) in [5.74, 6) is -1.35. The first kappa shape index (κ1) is 17.0. The van der Waals surface area contributed by atoms with Crippen molar-refractivity contribution in [2.45, 2.75) is 17.6 Å². The number of methoxy groups -OCH3 is 1. The third kappa shape index (κ3) is 3.37. The Morgan fingerprint density at radius 3 is 2.74 bits per heavy atom. The molecule has 1 aromatic heterocycles. The molecule has 0 atom stereocenters. The molecule has 3 N–H and O–H groups in total. The molecule has 0 aliphatic heterocycles. The van der Waals surface area contributed by atoms with E-state index in [1.807, 2.05) is 0 Å². The fourth-order valence-electron chi connectivity index (χ4n) is 1.89. The van der Waals surface area contributed by atoms with Gasteiger partial charge in [0.1, 0.15) is 5.56 Å². The second-order valence-corrected chi connectivity index (χ2v) is 7.29. The minimum Gasteiger partial charge on any atom is -0.505 e. The Morgan fingerprint density at radius 1 is 1.43 bits per heavy atom. The second-order valence-electron chi connectivity index (χ2n) is 4.43. The summed E-state index contributed by atoms with van der Waals surface area (Å²) in [4.78, 5) is 24.9. The molecule has 0 aliphatic rings. The van der Waals surface area contributed by atoms with E-state index in [4.69, 9.17) is 0 Å². The van der Waals surface area contributed by atoms with Crippen molar-refractivity contribution in [3.63, 3.8) is 0 Å². The van der Waals surface area contributed by atoms with Crippen LogP contribution in [0.3, 0.4) is 0 Å². The molecule has 0 saturated heterocycles.